The van der Waals surface area contributed by atoms with Gasteiger partial charge in [-0.15, -0.1) is 0 Å². The minimum atomic E-state index is 0.257. The van der Waals surface area contributed by atoms with Gasteiger partial charge >= 0.3 is 0 Å². The molecule has 0 radical (unpaired) electrons. The zero-order valence-corrected chi connectivity index (χ0v) is 12.9. The second-order valence-electron chi connectivity index (χ2n) is 5.97. The van der Waals surface area contributed by atoms with E-state index < -0.39 is 0 Å². The Hall–Kier alpha value is -1.76. The molecule has 1 aliphatic rings. The number of ether oxygens (including phenoxy) is 1. The first-order valence-corrected chi connectivity index (χ1v) is 7.38. The summed E-state index contributed by atoms with van der Waals surface area (Å²) >= 11 is 0. The van der Waals surface area contributed by atoms with Crippen molar-refractivity contribution in [3.05, 3.63) is 52.6 Å². The van der Waals surface area contributed by atoms with Crippen LogP contribution < -0.4 is 4.74 Å². The van der Waals surface area contributed by atoms with E-state index in [1.54, 1.807) is 0 Å². The van der Waals surface area contributed by atoms with E-state index in [4.69, 9.17) is 4.74 Å². The molecule has 1 heterocycles. The predicted octanol–water partition coefficient (Wildman–Crippen LogP) is 5.16. The van der Waals surface area contributed by atoms with Gasteiger partial charge in [0, 0.05) is 17.0 Å². The standard InChI is InChI=1S/C19H22O/c1-11-12(2)17-14(4)15(5)20-19(17)18(13(11)3)16-9-7-6-8-10-16/h6-10,14-15H,1-5H3. The lowest BCUT2D eigenvalue weighted by atomic mass is 9.85. The summed E-state index contributed by atoms with van der Waals surface area (Å²) in [5, 5.41) is 0. The van der Waals surface area contributed by atoms with Crippen LogP contribution in [0, 0.1) is 20.8 Å². The summed E-state index contributed by atoms with van der Waals surface area (Å²) in [5.74, 6) is 1.57. The van der Waals surface area contributed by atoms with Crippen LogP contribution in [0.5, 0.6) is 5.75 Å². The molecule has 0 fully saturated rings. The van der Waals surface area contributed by atoms with Gasteiger partial charge in [0.15, 0.2) is 0 Å². The molecule has 0 aliphatic carbocycles. The van der Waals surface area contributed by atoms with Gasteiger partial charge in [-0.25, -0.2) is 0 Å². The second kappa shape index (κ2) is 4.66. The number of hydrogen-bond acceptors (Lipinski definition) is 1. The smallest absolute Gasteiger partial charge is 0.131 e. The van der Waals surface area contributed by atoms with Gasteiger partial charge in [-0.2, -0.15) is 0 Å². The van der Waals surface area contributed by atoms with Crippen molar-refractivity contribution in [2.45, 2.75) is 46.6 Å². The van der Waals surface area contributed by atoms with Crippen LogP contribution in [0.1, 0.15) is 42.0 Å². The molecule has 0 bridgehead atoms. The topological polar surface area (TPSA) is 9.23 Å². The van der Waals surface area contributed by atoms with Gasteiger partial charge in [-0.05, 0) is 49.9 Å². The Kier molecular flexibility index (Phi) is 3.08. The van der Waals surface area contributed by atoms with E-state index in [-0.39, 0.29) is 6.10 Å². The molecule has 3 rings (SSSR count). The van der Waals surface area contributed by atoms with Gasteiger partial charge in [0.1, 0.15) is 11.9 Å². The van der Waals surface area contributed by atoms with Crippen LogP contribution in [0.4, 0.5) is 0 Å². The minimum Gasteiger partial charge on any atom is -0.489 e. The van der Waals surface area contributed by atoms with Crippen molar-refractivity contribution in [3.8, 4) is 16.9 Å². The minimum absolute atomic E-state index is 0.257. The molecule has 2 atom stereocenters. The van der Waals surface area contributed by atoms with E-state index in [0.717, 1.165) is 5.75 Å². The summed E-state index contributed by atoms with van der Waals surface area (Å²) in [6.07, 6.45) is 0.257. The fraction of sp³-hybridized carbons (Fsp3) is 0.368. The molecule has 2 aromatic rings. The molecule has 0 aromatic heterocycles. The van der Waals surface area contributed by atoms with E-state index in [9.17, 15) is 0 Å². The van der Waals surface area contributed by atoms with E-state index in [1.165, 1.54) is 33.4 Å². The Morgan fingerprint density at radius 3 is 2.15 bits per heavy atom. The van der Waals surface area contributed by atoms with E-state index in [2.05, 4.69) is 65.0 Å². The van der Waals surface area contributed by atoms with Crippen molar-refractivity contribution in [1.82, 2.24) is 0 Å². The van der Waals surface area contributed by atoms with Crippen LogP contribution in [0.2, 0.25) is 0 Å². The number of hydrogen-bond donors (Lipinski definition) is 0. The van der Waals surface area contributed by atoms with Gasteiger partial charge in [0.25, 0.3) is 0 Å². The lowest BCUT2D eigenvalue weighted by Crippen LogP contribution is -2.10. The third-order valence-electron chi connectivity index (χ3n) is 4.90. The van der Waals surface area contributed by atoms with Crippen molar-refractivity contribution >= 4 is 0 Å². The Labute approximate surface area is 121 Å². The lowest BCUT2D eigenvalue weighted by molar-refractivity contribution is 0.233. The van der Waals surface area contributed by atoms with Gasteiger partial charge in [-0.3, -0.25) is 0 Å². The first kappa shape index (κ1) is 13.2. The highest BCUT2D eigenvalue weighted by atomic mass is 16.5. The molecule has 0 N–H and O–H groups in total. The van der Waals surface area contributed by atoms with E-state index in [1.807, 2.05) is 0 Å². The number of fused-ring (bicyclic) bond motifs is 1. The van der Waals surface area contributed by atoms with E-state index in [0.29, 0.717) is 5.92 Å². The summed E-state index contributed by atoms with van der Waals surface area (Å²) in [6.45, 7) is 11.1. The van der Waals surface area contributed by atoms with Crippen molar-refractivity contribution in [1.29, 1.82) is 0 Å². The molecule has 2 aromatic carbocycles. The predicted molar refractivity (Wildman–Crippen MR) is 84.6 cm³/mol. The Morgan fingerprint density at radius 1 is 0.850 bits per heavy atom. The average Bonchev–Trinajstić information content (AvgIpc) is 2.74. The molecule has 0 spiro atoms. The largest absolute Gasteiger partial charge is 0.489 e. The van der Waals surface area contributed by atoms with Crippen LogP contribution in [-0.4, -0.2) is 6.10 Å². The second-order valence-corrected chi connectivity index (χ2v) is 5.97. The van der Waals surface area contributed by atoms with Crippen LogP contribution in [-0.2, 0) is 0 Å². The van der Waals surface area contributed by atoms with Gasteiger partial charge in [0.2, 0.25) is 0 Å². The summed E-state index contributed by atoms with van der Waals surface area (Å²) in [5.41, 5.74) is 8.07. The zero-order valence-electron chi connectivity index (χ0n) is 12.9. The first-order chi connectivity index (χ1) is 9.52. The molecular weight excluding hydrogens is 244 g/mol. The number of rotatable bonds is 1. The van der Waals surface area contributed by atoms with Crippen LogP contribution >= 0.6 is 0 Å². The highest BCUT2D eigenvalue weighted by Crippen LogP contribution is 2.48. The third-order valence-corrected chi connectivity index (χ3v) is 4.90. The maximum absolute atomic E-state index is 6.22. The summed E-state index contributed by atoms with van der Waals surface area (Å²) < 4.78 is 6.22. The highest BCUT2D eigenvalue weighted by molar-refractivity contribution is 5.79. The SMILES string of the molecule is Cc1c(C)c(-c2ccccc2)c2c(c1C)C(C)C(C)O2. The maximum atomic E-state index is 6.22. The molecule has 0 saturated carbocycles. The monoisotopic (exact) mass is 266 g/mol. The first-order valence-electron chi connectivity index (χ1n) is 7.38. The van der Waals surface area contributed by atoms with Crippen molar-refractivity contribution < 1.29 is 4.74 Å². The zero-order chi connectivity index (χ0) is 14.4. The number of benzene rings is 2. The molecule has 0 saturated heterocycles. The Morgan fingerprint density at radius 2 is 1.50 bits per heavy atom. The molecule has 1 heteroatoms. The van der Waals surface area contributed by atoms with Gasteiger partial charge in [-0.1, -0.05) is 37.3 Å². The maximum Gasteiger partial charge on any atom is 0.131 e. The Balaban J connectivity index is 2.35. The highest BCUT2D eigenvalue weighted by Gasteiger charge is 2.33. The quantitative estimate of drug-likeness (QED) is 0.692. The molecule has 104 valence electrons. The molecule has 1 nitrogen and oxygen atoms in total. The lowest BCUT2D eigenvalue weighted by Gasteiger charge is -2.18. The molecule has 2 unspecified atom stereocenters. The van der Waals surface area contributed by atoms with Gasteiger partial charge < -0.3 is 4.74 Å². The molecular formula is C19H22O. The van der Waals surface area contributed by atoms with Crippen LogP contribution in [0.25, 0.3) is 11.1 Å². The summed E-state index contributed by atoms with van der Waals surface area (Å²) in [6, 6.07) is 10.6. The Bertz CT molecular complexity index is 655. The third kappa shape index (κ3) is 1.76. The fourth-order valence-corrected chi connectivity index (χ4v) is 3.29. The van der Waals surface area contributed by atoms with Crippen molar-refractivity contribution in [3.63, 3.8) is 0 Å². The normalized spacial score (nSPS) is 20.6. The summed E-state index contributed by atoms with van der Waals surface area (Å²) in [7, 11) is 0. The fourth-order valence-electron chi connectivity index (χ4n) is 3.29. The van der Waals surface area contributed by atoms with Crippen LogP contribution in [0.3, 0.4) is 0 Å². The molecule has 20 heavy (non-hydrogen) atoms. The molecule has 0 amide bonds. The summed E-state index contributed by atoms with van der Waals surface area (Å²) in [4.78, 5) is 0. The average molecular weight is 266 g/mol. The van der Waals surface area contributed by atoms with Crippen molar-refractivity contribution in [2.75, 3.05) is 0 Å². The van der Waals surface area contributed by atoms with Crippen LogP contribution in [0.15, 0.2) is 30.3 Å². The van der Waals surface area contributed by atoms with E-state index >= 15 is 0 Å². The molecule has 1 aliphatic heterocycles. The van der Waals surface area contributed by atoms with Gasteiger partial charge in [0.05, 0.1) is 0 Å². The van der Waals surface area contributed by atoms with Crippen molar-refractivity contribution in [2.24, 2.45) is 0 Å².